The van der Waals surface area contributed by atoms with Crippen LogP contribution in [0.2, 0.25) is 0 Å². The maximum atomic E-state index is 5.34. The standard InChI is InChI=1S/C10H9BrO2/c1-6-5-8(12-2)9(11)7-3-4-13-10(6)7/h3-5H,1-2H3. The molecule has 0 atom stereocenters. The van der Waals surface area contributed by atoms with Crippen LogP contribution in [0.15, 0.2) is 27.3 Å². The number of aryl methyl sites for hydroxylation is 1. The van der Waals surface area contributed by atoms with E-state index in [9.17, 15) is 0 Å². The zero-order valence-electron chi connectivity index (χ0n) is 7.43. The van der Waals surface area contributed by atoms with Gasteiger partial charge in [0.25, 0.3) is 0 Å². The van der Waals surface area contributed by atoms with Crippen LogP contribution in [-0.4, -0.2) is 7.11 Å². The highest BCUT2D eigenvalue weighted by molar-refractivity contribution is 9.10. The van der Waals surface area contributed by atoms with Crippen molar-refractivity contribution < 1.29 is 9.15 Å². The predicted molar refractivity (Wildman–Crippen MR) is 55.2 cm³/mol. The van der Waals surface area contributed by atoms with Crippen LogP contribution in [0.3, 0.4) is 0 Å². The van der Waals surface area contributed by atoms with Gasteiger partial charge in [-0.15, -0.1) is 0 Å². The molecule has 0 fully saturated rings. The highest BCUT2D eigenvalue weighted by atomic mass is 79.9. The number of hydrogen-bond acceptors (Lipinski definition) is 2. The first-order chi connectivity index (χ1) is 6.24. The first-order valence-corrected chi connectivity index (χ1v) is 4.73. The van der Waals surface area contributed by atoms with Crippen molar-refractivity contribution in [1.29, 1.82) is 0 Å². The third-order valence-corrected chi connectivity index (χ3v) is 2.86. The second-order valence-corrected chi connectivity index (χ2v) is 3.67. The largest absolute Gasteiger partial charge is 0.496 e. The first kappa shape index (κ1) is 8.63. The molecule has 0 aliphatic rings. The average Bonchev–Trinajstić information content (AvgIpc) is 2.60. The summed E-state index contributed by atoms with van der Waals surface area (Å²) in [7, 11) is 1.66. The van der Waals surface area contributed by atoms with Crippen LogP contribution in [0, 0.1) is 6.92 Å². The van der Waals surface area contributed by atoms with Crippen LogP contribution >= 0.6 is 15.9 Å². The quantitative estimate of drug-likeness (QED) is 0.762. The highest BCUT2D eigenvalue weighted by Gasteiger charge is 2.10. The Bertz CT molecular complexity index is 445. The van der Waals surface area contributed by atoms with Crippen molar-refractivity contribution in [2.75, 3.05) is 7.11 Å². The summed E-state index contributed by atoms with van der Waals surface area (Å²) >= 11 is 3.47. The molecule has 2 aromatic rings. The Kier molecular flexibility index (Phi) is 2.04. The molecular weight excluding hydrogens is 232 g/mol. The van der Waals surface area contributed by atoms with E-state index in [1.807, 2.05) is 19.1 Å². The van der Waals surface area contributed by atoms with Crippen LogP contribution in [0.25, 0.3) is 11.0 Å². The molecule has 0 unspecified atom stereocenters. The Morgan fingerprint density at radius 3 is 2.92 bits per heavy atom. The van der Waals surface area contributed by atoms with E-state index in [1.54, 1.807) is 13.4 Å². The van der Waals surface area contributed by atoms with Crippen molar-refractivity contribution in [2.24, 2.45) is 0 Å². The average molecular weight is 241 g/mol. The second-order valence-electron chi connectivity index (χ2n) is 2.87. The minimum Gasteiger partial charge on any atom is -0.496 e. The minimum absolute atomic E-state index is 0.839. The summed E-state index contributed by atoms with van der Waals surface area (Å²) in [6, 6.07) is 3.88. The van der Waals surface area contributed by atoms with Gasteiger partial charge in [0.05, 0.1) is 17.8 Å². The molecule has 0 bridgehead atoms. The van der Waals surface area contributed by atoms with Gasteiger partial charge in [0, 0.05) is 5.39 Å². The van der Waals surface area contributed by atoms with E-state index in [0.717, 1.165) is 26.8 Å². The van der Waals surface area contributed by atoms with Crippen molar-refractivity contribution in [3.63, 3.8) is 0 Å². The number of fused-ring (bicyclic) bond motifs is 1. The van der Waals surface area contributed by atoms with Crippen LogP contribution in [0.5, 0.6) is 5.75 Å². The van der Waals surface area contributed by atoms with E-state index >= 15 is 0 Å². The van der Waals surface area contributed by atoms with Crippen LogP contribution in [0.1, 0.15) is 5.56 Å². The van der Waals surface area contributed by atoms with E-state index < -0.39 is 0 Å². The fourth-order valence-electron chi connectivity index (χ4n) is 1.39. The second kappa shape index (κ2) is 3.07. The van der Waals surface area contributed by atoms with Gasteiger partial charge in [0.15, 0.2) is 0 Å². The first-order valence-electron chi connectivity index (χ1n) is 3.94. The number of rotatable bonds is 1. The summed E-state index contributed by atoms with van der Waals surface area (Å²) < 4.78 is 11.5. The molecule has 13 heavy (non-hydrogen) atoms. The normalized spacial score (nSPS) is 10.7. The van der Waals surface area contributed by atoms with E-state index in [1.165, 1.54) is 0 Å². The van der Waals surface area contributed by atoms with Crippen molar-refractivity contribution in [3.05, 3.63) is 28.4 Å². The minimum atomic E-state index is 0.839. The lowest BCUT2D eigenvalue weighted by Crippen LogP contribution is -1.86. The summed E-state index contributed by atoms with van der Waals surface area (Å²) in [6.07, 6.45) is 1.68. The van der Waals surface area contributed by atoms with Crippen molar-refractivity contribution in [3.8, 4) is 5.75 Å². The molecule has 0 radical (unpaired) electrons. The molecule has 1 aromatic heterocycles. The molecule has 1 heterocycles. The Hall–Kier alpha value is -0.960. The zero-order chi connectivity index (χ0) is 9.42. The van der Waals surface area contributed by atoms with Gasteiger partial charge in [-0.3, -0.25) is 0 Å². The number of methoxy groups -OCH3 is 1. The summed E-state index contributed by atoms with van der Waals surface area (Å²) in [5.74, 6) is 0.839. The van der Waals surface area contributed by atoms with E-state index in [0.29, 0.717) is 0 Å². The van der Waals surface area contributed by atoms with Crippen LogP contribution < -0.4 is 4.74 Å². The van der Waals surface area contributed by atoms with E-state index in [4.69, 9.17) is 9.15 Å². The number of hydrogen-bond donors (Lipinski definition) is 0. The summed E-state index contributed by atoms with van der Waals surface area (Å²) in [6.45, 7) is 2.00. The Morgan fingerprint density at radius 1 is 1.46 bits per heavy atom. The zero-order valence-corrected chi connectivity index (χ0v) is 9.01. The van der Waals surface area contributed by atoms with Crippen molar-refractivity contribution in [2.45, 2.75) is 6.92 Å². The molecular formula is C10H9BrO2. The monoisotopic (exact) mass is 240 g/mol. The van der Waals surface area contributed by atoms with Gasteiger partial charge in [-0.1, -0.05) is 0 Å². The fraction of sp³-hybridized carbons (Fsp3) is 0.200. The number of benzene rings is 1. The van der Waals surface area contributed by atoms with Crippen molar-refractivity contribution >= 4 is 26.9 Å². The number of ether oxygens (including phenoxy) is 1. The smallest absolute Gasteiger partial charge is 0.138 e. The molecule has 0 amide bonds. The number of halogens is 1. The molecule has 68 valence electrons. The fourth-order valence-corrected chi connectivity index (χ4v) is 1.98. The lowest BCUT2D eigenvalue weighted by molar-refractivity contribution is 0.412. The lowest BCUT2D eigenvalue weighted by atomic mass is 10.1. The molecule has 0 aliphatic heterocycles. The van der Waals surface area contributed by atoms with Gasteiger partial charge in [-0.25, -0.2) is 0 Å². The molecule has 1 aromatic carbocycles. The van der Waals surface area contributed by atoms with Gasteiger partial charge >= 0.3 is 0 Å². The van der Waals surface area contributed by atoms with Gasteiger partial charge in [0.1, 0.15) is 11.3 Å². The Morgan fingerprint density at radius 2 is 2.23 bits per heavy atom. The van der Waals surface area contributed by atoms with Gasteiger partial charge in [0.2, 0.25) is 0 Å². The molecule has 2 nitrogen and oxygen atoms in total. The van der Waals surface area contributed by atoms with E-state index in [-0.39, 0.29) is 0 Å². The summed E-state index contributed by atoms with van der Waals surface area (Å²) in [5, 5.41) is 1.05. The number of furan rings is 1. The van der Waals surface area contributed by atoms with Gasteiger partial charge in [-0.05, 0) is 40.5 Å². The molecule has 0 saturated heterocycles. The maximum Gasteiger partial charge on any atom is 0.138 e. The van der Waals surface area contributed by atoms with Gasteiger partial charge < -0.3 is 9.15 Å². The molecule has 0 spiro atoms. The van der Waals surface area contributed by atoms with Gasteiger partial charge in [-0.2, -0.15) is 0 Å². The third kappa shape index (κ3) is 1.23. The highest BCUT2D eigenvalue weighted by Crippen LogP contribution is 2.35. The SMILES string of the molecule is COc1cc(C)c2occc2c1Br. The summed E-state index contributed by atoms with van der Waals surface area (Å²) in [5.41, 5.74) is 1.99. The van der Waals surface area contributed by atoms with Crippen molar-refractivity contribution in [1.82, 2.24) is 0 Å². The Labute approximate surface area is 84.6 Å². The third-order valence-electron chi connectivity index (χ3n) is 2.04. The Balaban J connectivity index is 2.85. The topological polar surface area (TPSA) is 22.4 Å². The maximum absolute atomic E-state index is 5.34. The molecule has 0 N–H and O–H groups in total. The van der Waals surface area contributed by atoms with Crippen LogP contribution in [0.4, 0.5) is 0 Å². The molecule has 0 saturated carbocycles. The van der Waals surface area contributed by atoms with Crippen LogP contribution in [-0.2, 0) is 0 Å². The molecule has 2 rings (SSSR count). The molecule has 0 aliphatic carbocycles. The molecule has 3 heteroatoms. The van der Waals surface area contributed by atoms with E-state index in [2.05, 4.69) is 15.9 Å². The lowest BCUT2D eigenvalue weighted by Gasteiger charge is -2.05. The summed E-state index contributed by atoms with van der Waals surface area (Å²) in [4.78, 5) is 0. The predicted octanol–water partition coefficient (Wildman–Crippen LogP) is 3.51.